The van der Waals surface area contributed by atoms with Crippen molar-refractivity contribution < 1.29 is 0 Å². The predicted molar refractivity (Wildman–Crippen MR) is 203 cm³/mol. The summed E-state index contributed by atoms with van der Waals surface area (Å²) in [6, 6.07) is 10.5. The fourth-order valence-electron chi connectivity index (χ4n) is 6.03. The Hall–Kier alpha value is -1.15. The van der Waals surface area contributed by atoms with Crippen LogP contribution in [0.5, 0.6) is 0 Å². The number of halogens is 1. The van der Waals surface area contributed by atoms with Gasteiger partial charge in [0, 0.05) is 12.8 Å². The molecule has 0 radical (unpaired) electrons. The number of rotatable bonds is 29. The van der Waals surface area contributed by atoms with Gasteiger partial charge in [-0.2, -0.15) is 0 Å². The third-order valence-electron chi connectivity index (χ3n) is 9.00. The van der Waals surface area contributed by atoms with Gasteiger partial charge in [-0.3, -0.25) is 0 Å². The first-order valence-corrected chi connectivity index (χ1v) is 22.5. The molecule has 1 rings (SSSR count). The topological polar surface area (TPSA) is 0 Å². The molecule has 0 unspecified atom stereocenters. The third kappa shape index (κ3) is 25.1. The quantitative estimate of drug-likeness (QED) is 0.0354. The molecule has 0 aliphatic rings. The molecule has 0 aliphatic carbocycles. The summed E-state index contributed by atoms with van der Waals surface area (Å²) in [5.41, 5.74) is 6.98. The summed E-state index contributed by atoms with van der Waals surface area (Å²) in [6.45, 7) is 4.59. The molecule has 0 atom stereocenters. The monoisotopic (exact) mass is 639 g/mol. The number of unbranched alkanes of at least 4 members (excludes halogenated alkanes) is 28. The van der Waals surface area contributed by atoms with Gasteiger partial charge < -0.3 is 0 Å². The van der Waals surface area contributed by atoms with Gasteiger partial charge >= 0.3 is 7.38 Å². The van der Waals surface area contributed by atoms with E-state index < -0.39 is 7.38 Å². The minimum atomic E-state index is -2.59. The van der Waals surface area contributed by atoms with Crippen LogP contribution in [-0.2, 0) is 0 Å². The highest BCUT2D eigenvalue weighted by molar-refractivity contribution is 7.35. The number of hydrogen-bond acceptors (Lipinski definition) is 0. The molecule has 250 valence electrons. The van der Waals surface area contributed by atoms with Crippen LogP contribution in [0.15, 0.2) is 30.3 Å². The van der Waals surface area contributed by atoms with Gasteiger partial charge in [-0.25, -0.2) is 0 Å². The molecule has 0 saturated heterocycles. The predicted octanol–water partition coefficient (Wildman–Crippen LogP) is 13.9. The summed E-state index contributed by atoms with van der Waals surface area (Å²) >= 11 is 7.19. The van der Waals surface area contributed by atoms with Crippen molar-refractivity contribution in [3.63, 3.8) is 0 Å². The Labute approximate surface area is 282 Å². The number of hydrogen-bond donors (Lipinski definition) is 0. The van der Waals surface area contributed by atoms with Crippen LogP contribution in [0.25, 0.3) is 0 Å². The highest BCUT2D eigenvalue weighted by atomic mass is 35.6. The van der Waals surface area contributed by atoms with Gasteiger partial charge in [0.05, 0.1) is 0 Å². The van der Waals surface area contributed by atoms with E-state index in [1.165, 1.54) is 180 Å². The summed E-state index contributed by atoms with van der Waals surface area (Å²) in [5.74, 6) is 6.90. The van der Waals surface area contributed by atoms with Gasteiger partial charge in [-0.05, 0) is 18.0 Å². The van der Waals surface area contributed by atoms with E-state index in [1.807, 2.05) is 0 Å². The van der Waals surface area contributed by atoms with E-state index in [2.05, 4.69) is 67.1 Å². The molecule has 44 heavy (non-hydrogen) atoms. The third-order valence-corrected chi connectivity index (χ3v) is 12.4. The minimum absolute atomic E-state index is 0.951. The van der Waals surface area contributed by atoms with Crippen molar-refractivity contribution in [1.29, 1.82) is 0 Å². The Morgan fingerprint density at radius 2 is 0.682 bits per heavy atom. The molecule has 0 aromatic heterocycles. The first-order chi connectivity index (χ1) is 21.7. The average molecular weight is 640 g/mol. The molecule has 1 aromatic carbocycles. The van der Waals surface area contributed by atoms with Crippen molar-refractivity contribution in [2.45, 2.75) is 206 Å². The van der Waals surface area contributed by atoms with Gasteiger partial charge in [-0.1, -0.05) is 222 Å². The highest BCUT2D eigenvalue weighted by Gasteiger charge is 2.29. The molecule has 2 heteroatoms. The standard InChI is InChI=1S/C42H71ClSi/c1-3-5-7-9-11-13-15-17-19-21-23-25-27-29-31-36-40-44(43,42-38-34-33-35-39-42)41-37-32-30-28-26-24-22-20-18-16-14-12-10-8-6-4-2/h33-35,38-39H,3-32H2,1-2H3. The normalized spacial score (nSPS) is 11.2. The molecular formula is C42H71ClSi. The first kappa shape index (κ1) is 40.9. The maximum absolute atomic E-state index is 7.19. The summed E-state index contributed by atoms with van der Waals surface area (Å²) in [7, 11) is -2.59. The van der Waals surface area contributed by atoms with Crippen LogP contribution in [0.2, 0.25) is 0 Å². The van der Waals surface area contributed by atoms with Crippen molar-refractivity contribution in [2.75, 3.05) is 0 Å². The lowest BCUT2D eigenvalue weighted by Crippen LogP contribution is -2.40. The lowest BCUT2D eigenvalue weighted by Gasteiger charge is -2.11. The Kier molecular flexibility index (Phi) is 29.6. The van der Waals surface area contributed by atoms with Gasteiger partial charge in [0.2, 0.25) is 0 Å². The smallest absolute Gasteiger partial charge is 0.128 e. The average Bonchev–Trinajstić information content (AvgIpc) is 3.04. The van der Waals surface area contributed by atoms with E-state index in [0.717, 1.165) is 18.0 Å². The molecule has 0 fully saturated rings. The molecule has 0 nitrogen and oxygen atoms in total. The molecule has 0 aliphatic heterocycles. The Morgan fingerprint density at radius 1 is 0.409 bits per heavy atom. The molecule has 0 spiro atoms. The fraction of sp³-hybridized carbons (Fsp3) is 0.762. The zero-order valence-corrected chi connectivity index (χ0v) is 31.2. The van der Waals surface area contributed by atoms with Crippen molar-refractivity contribution in [3.05, 3.63) is 30.3 Å². The van der Waals surface area contributed by atoms with Crippen LogP contribution in [0.3, 0.4) is 0 Å². The van der Waals surface area contributed by atoms with Gasteiger partial charge in [0.15, 0.2) is 0 Å². The van der Waals surface area contributed by atoms with Gasteiger partial charge in [0.1, 0.15) is 0 Å². The van der Waals surface area contributed by atoms with Gasteiger partial charge in [0.25, 0.3) is 0 Å². The van der Waals surface area contributed by atoms with Gasteiger partial charge in [-0.15, -0.1) is 22.9 Å². The lowest BCUT2D eigenvalue weighted by atomic mass is 10.0. The molecule has 0 bridgehead atoms. The van der Waals surface area contributed by atoms with Crippen molar-refractivity contribution >= 4 is 23.6 Å². The molecule has 1 aromatic rings. The van der Waals surface area contributed by atoms with E-state index >= 15 is 0 Å². The molecule has 0 heterocycles. The zero-order valence-electron chi connectivity index (χ0n) is 29.5. The second kappa shape index (κ2) is 31.8. The largest absolute Gasteiger partial charge is 0.339 e. The molecule has 0 saturated carbocycles. The van der Waals surface area contributed by atoms with Crippen LogP contribution in [0.1, 0.15) is 206 Å². The van der Waals surface area contributed by atoms with Crippen LogP contribution < -0.4 is 5.19 Å². The molecule has 0 N–H and O–H groups in total. The summed E-state index contributed by atoms with van der Waals surface area (Å²) in [6.07, 6.45) is 40.8. The number of benzene rings is 1. The lowest BCUT2D eigenvalue weighted by molar-refractivity contribution is 0.536. The maximum Gasteiger partial charge on any atom is 0.339 e. The van der Waals surface area contributed by atoms with E-state index in [1.54, 1.807) is 0 Å². The Morgan fingerprint density at radius 3 is 0.977 bits per heavy atom. The highest BCUT2D eigenvalue weighted by Crippen LogP contribution is 2.15. The molecular weight excluding hydrogens is 568 g/mol. The van der Waals surface area contributed by atoms with E-state index in [-0.39, 0.29) is 0 Å². The summed E-state index contributed by atoms with van der Waals surface area (Å²) < 4.78 is 0. The fourth-order valence-corrected chi connectivity index (χ4v) is 8.55. The summed E-state index contributed by atoms with van der Waals surface area (Å²) in [5, 5.41) is 1.14. The molecule has 0 amide bonds. The van der Waals surface area contributed by atoms with E-state index in [0.29, 0.717) is 0 Å². The minimum Gasteiger partial charge on any atom is -0.128 e. The zero-order chi connectivity index (χ0) is 31.7. The second-order valence-electron chi connectivity index (χ2n) is 13.3. The van der Waals surface area contributed by atoms with E-state index in [9.17, 15) is 0 Å². The Balaban J connectivity index is 2.16. The van der Waals surface area contributed by atoms with Crippen LogP contribution >= 0.6 is 11.1 Å². The second-order valence-corrected chi connectivity index (χ2v) is 17.4. The van der Waals surface area contributed by atoms with Crippen LogP contribution in [-0.4, -0.2) is 7.38 Å². The summed E-state index contributed by atoms with van der Waals surface area (Å²) in [4.78, 5) is 0. The van der Waals surface area contributed by atoms with Crippen molar-refractivity contribution in [1.82, 2.24) is 0 Å². The van der Waals surface area contributed by atoms with Crippen LogP contribution in [0.4, 0.5) is 0 Å². The van der Waals surface area contributed by atoms with Crippen molar-refractivity contribution in [2.24, 2.45) is 0 Å². The SMILES string of the molecule is CCCCCCCCCCCCCCCCC#C[Si](Cl)(C#CCCCCCCCCCCCCCCCC)c1ccccc1. The van der Waals surface area contributed by atoms with E-state index in [4.69, 9.17) is 11.1 Å². The first-order valence-electron chi connectivity index (χ1n) is 19.5. The Bertz CT molecular complexity index is 804. The van der Waals surface area contributed by atoms with Crippen LogP contribution in [0, 0.1) is 22.9 Å². The van der Waals surface area contributed by atoms with Crippen molar-refractivity contribution in [3.8, 4) is 22.9 Å². The maximum atomic E-state index is 7.19.